The van der Waals surface area contributed by atoms with E-state index in [0.29, 0.717) is 16.8 Å². The summed E-state index contributed by atoms with van der Waals surface area (Å²) in [6.45, 7) is 3.99. The third-order valence-corrected chi connectivity index (χ3v) is 4.70. The number of hydrogen-bond acceptors (Lipinski definition) is 4. The van der Waals surface area contributed by atoms with Gasteiger partial charge in [-0.15, -0.1) is 0 Å². The molecule has 11 heteroatoms. The van der Waals surface area contributed by atoms with Crippen LogP contribution in [0.15, 0.2) is 54.9 Å². The van der Waals surface area contributed by atoms with Crippen LogP contribution in [0.3, 0.4) is 0 Å². The first-order chi connectivity index (χ1) is 15.8. The highest BCUT2D eigenvalue weighted by Crippen LogP contribution is 2.18. The highest BCUT2D eigenvalue weighted by Gasteiger charge is 2.38. The largest absolute Gasteiger partial charge is 0.490 e. The fraction of sp³-hybridized carbons (Fsp3) is 0.217. The molecule has 3 aromatic rings. The van der Waals surface area contributed by atoms with Crippen LogP contribution in [0.5, 0.6) is 0 Å². The molecule has 180 valence electrons. The number of aromatic nitrogens is 2. The second-order valence-corrected chi connectivity index (χ2v) is 7.37. The number of benzene rings is 2. The third-order valence-electron chi connectivity index (χ3n) is 4.70. The van der Waals surface area contributed by atoms with Gasteiger partial charge in [-0.2, -0.15) is 13.2 Å². The number of rotatable bonds is 4. The van der Waals surface area contributed by atoms with Crippen LogP contribution < -0.4 is 5.32 Å². The number of carbonyl (C=O) groups excluding carboxylic acids is 2. The molecular formula is C23H23F3N4O4. The molecule has 0 unspecified atom stereocenters. The molecule has 2 amide bonds. The summed E-state index contributed by atoms with van der Waals surface area (Å²) in [7, 11) is 3.39. The summed E-state index contributed by atoms with van der Waals surface area (Å²) in [6, 6.07) is 14.2. The Hall–Kier alpha value is -4.15. The van der Waals surface area contributed by atoms with Crippen LogP contribution in [-0.2, 0) is 4.79 Å². The van der Waals surface area contributed by atoms with Crippen molar-refractivity contribution in [3.63, 3.8) is 0 Å². The molecule has 34 heavy (non-hydrogen) atoms. The van der Waals surface area contributed by atoms with Gasteiger partial charge in [0.1, 0.15) is 0 Å². The number of nitrogens with one attached hydrogen (secondary N) is 1. The van der Waals surface area contributed by atoms with E-state index in [0.717, 1.165) is 17.1 Å². The second-order valence-electron chi connectivity index (χ2n) is 7.37. The van der Waals surface area contributed by atoms with Crippen LogP contribution in [0.4, 0.5) is 18.9 Å². The monoisotopic (exact) mass is 476 g/mol. The zero-order valence-electron chi connectivity index (χ0n) is 18.8. The number of anilines is 1. The van der Waals surface area contributed by atoms with Crippen molar-refractivity contribution in [3.05, 3.63) is 77.4 Å². The first kappa shape index (κ1) is 26.1. The maximum absolute atomic E-state index is 12.4. The maximum atomic E-state index is 12.4. The SMILES string of the molecule is Cc1ncn(-c2ccc(NC(=O)c3ccc(C(=O)N(C)C)cc3)cc2)c1C.O=C(O)C(F)(F)F. The van der Waals surface area contributed by atoms with Gasteiger partial charge in [-0.3, -0.25) is 9.59 Å². The number of imidazole rings is 1. The Morgan fingerprint density at radius 2 is 1.44 bits per heavy atom. The van der Waals surface area contributed by atoms with E-state index in [1.807, 2.05) is 42.7 Å². The minimum atomic E-state index is -5.08. The van der Waals surface area contributed by atoms with Gasteiger partial charge in [0.25, 0.3) is 11.8 Å². The average molecular weight is 476 g/mol. The second kappa shape index (κ2) is 10.6. The number of carboxylic acids is 1. The molecule has 0 aliphatic rings. The van der Waals surface area contributed by atoms with E-state index in [-0.39, 0.29) is 11.8 Å². The smallest absolute Gasteiger partial charge is 0.475 e. The van der Waals surface area contributed by atoms with Gasteiger partial charge in [0.05, 0.1) is 12.0 Å². The molecule has 3 rings (SSSR count). The van der Waals surface area contributed by atoms with Gasteiger partial charge in [0.2, 0.25) is 0 Å². The molecule has 1 heterocycles. The van der Waals surface area contributed by atoms with Crippen LogP contribution in [0.25, 0.3) is 5.69 Å². The van der Waals surface area contributed by atoms with Gasteiger partial charge >= 0.3 is 12.1 Å². The summed E-state index contributed by atoms with van der Waals surface area (Å²) in [5.74, 6) is -3.07. The molecule has 8 nitrogen and oxygen atoms in total. The third kappa shape index (κ3) is 6.67. The van der Waals surface area contributed by atoms with Crippen molar-refractivity contribution < 1.29 is 32.7 Å². The van der Waals surface area contributed by atoms with E-state index in [1.54, 1.807) is 44.7 Å². The van der Waals surface area contributed by atoms with Crippen molar-refractivity contribution in [1.29, 1.82) is 0 Å². The molecule has 1 aromatic heterocycles. The Morgan fingerprint density at radius 1 is 0.941 bits per heavy atom. The quantitative estimate of drug-likeness (QED) is 0.591. The van der Waals surface area contributed by atoms with Crippen LogP contribution in [0.2, 0.25) is 0 Å². The van der Waals surface area contributed by atoms with E-state index < -0.39 is 12.1 Å². The highest BCUT2D eigenvalue weighted by molar-refractivity contribution is 6.05. The first-order valence-electron chi connectivity index (χ1n) is 9.85. The number of amides is 2. The van der Waals surface area contributed by atoms with Crippen LogP contribution in [0, 0.1) is 13.8 Å². The number of hydrogen-bond donors (Lipinski definition) is 2. The van der Waals surface area contributed by atoms with Gasteiger partial charge in [0.15, 0.2) is 0 Å². The molecule has 0 bridgehead atoms. The molecule has 0 atom stereocenters. The van der Waals surface area contributed by atoms with Gasteiger partial charge in [-0.1, -0.05) is 0 Å². The van der Waals surface area contributed by atoms with Crippen molar-refractivity contribution in [1.82, 2.24) is 14.5 Å². The molecule has 0 saturated carbocycles. The lowest BCUT2D eigenvalue weighted by Crippen LogP contribution is -2.21. The Bertz CT molecular complexity index is 1170. The summed E-state index contributed by atoms with van der Waals surface area (Å²) in [5, 5.41) is 9.99. The van der Waals surface area contributed by atoms with Crippen LogP contribution in [0.1, 0.15) is 32.1 Å². The van der Waals surface area contributed by atoms with Crippen molar-refractivity contribution in [2.75, 3.05) is 19.4 Å². The number of alkyl halides is 3. The fourth-order valence-electron chi connectivity index (χ4n) is 2.69. The van der Waals surface area contributed by atoms with Crippen molar-refractivity contribution in [3.8, 4) is 5.69 Å². The Morgan fingerprint density at radius 3 is 1.85 bits per heavy atom. The number of aryl methyl sites for hydroxylation is 1. The van der Waals surface area contributed by atoms with Crippen LogP contribution >= 0.6 is 0 Å². The minimum absolute atomic E-state index is 0.0948. The Balaban J connectivity index is 0.000000509. The van der Waals surface area contributed by atoms with E-state index in [1.165, 1.54) is 4.90 Å². The van der Waals surface area contributed by atoms with E-state index in [4.69, 9.17) is 9.90 Å². The maximum Gasteiger partial charge on any atom is 0.490 e. The minimum Gasteiger partial charge on any atom is -0.475 e. The van der Waals surface area contributed by atoms with E-state index in [9.17, 15) is 22.8 Å². The molecule has 0 spiro atoms. The number of aliphatic carboxylic acids is 1. The van der Waals surface area contributed by atoms with Crippen molar-refractivity contribution in [2.45, 2.75) is 20.0 Å². The zero-order chi connectivity index (χ0) is 25.6. The molecule has 0 saturated heterocycles. The topological polar surface area (TPSA) is 105 Å². The van der Waals surface area contributed by atoms with Gasteiger partial charge in [-0.05, 0) is 62.4 Å². The molecule has 0 aliphatic heterocycles. The summed E-state index contributed by atoms with van der Waals surface area (Å²) in [5.41, 5.74) is 4.80. The molecule has 0 fully saturated rings. The van der Waals surface area contributed by atoms with Crippen molar-refractivity contribution >= 4 is 23.5 Å². The molecule has 2 aromatic carbocycles. The lowest BCUT2D eigenvalue weighted by molar-refractivity contribution is -0.192. The van der Waals surface area contributed by atoms with Gasteiger partial charge in [-0.25, -0.2) is 9.78 Å². The predicted octanol–water partition coefficient (Wildman–Crippen LogP) is 4.08. The molecular weight excluding hydrogens is 453 g/mol. The fourth-order valence-corrected chi connectivity index (χ4v) is 2.69. The number of carbonyl (C=O) groups is 3. The van der Waals surface area contributed by atoms with Crippen molar-refractivity contribution in [2.24, 2.45) is 0 Å². The summed E-state index contributed by atoms with van der Waals surface area (Å²) in [6.07, 6.45) is -3.30. The van der Waals surface area contributed by atoms with E-state index >= 15 is 0 Å². The Labute approximate surface area is 193 Å². The number of nitrogens with zero attached hydrogens (tertiary/aromatic N) is 3. The molecule has 0 aliphatic carbocycles. The average Bonchev–Trinajstić information content (AvgIpc) is 3.12. The van der Waals surface area contributed by atoms with Gasteiger partial charge in [0, 0.05) is 42.3 Å². The lowest BCUT2D eigenvalue weighted by Gasteiger charge is -2.11. The summed E-state index contributed by atoms with van der Waals surface area (Å²) >= 11 is 0. The van der Waals surface area contributed by atoms with E-state index in [2.05, 4.69) is 10.3 Å². The Kier molecular flexibility index (Phi) is 8.17. The molecule has 2 N–H and O–H groups in total. The predicted molar refractivity (Wildman–Crippen MR) is 119 cm³/mol. The normalized spacial score (nSPS) is 10.7. The first-order valence-corrected chi connectivity index (χ1v) is 9.85. The van der Waals surface area contributed by atoms with Gasteiger partial charge < -0.3 is 19.9 Å². The highest BCUT2D eigenvalue weighted by atomic mass is 19.4. The number of carboxylic acid groups (broad SMARTS) is 1. The standard InChI is InChI=1S/C21H22N4O2.C2HF3O2/c1-14-15(2)25(13-22-14)19-11-9-18(10-12-19)23-20(26)16-5-7-17(8-6-16)21(27)24(3)4;3-2(4,5)1(6)7/h5-13H,1-4H3,(H,23,26);(H,6,7). The van der Waals surface area contributed by atoms with Crippen LogP contribution in [-0.4, -0.2) is 57.6 Å². The zero-order valence-corrected chi connectivity index (χ0v) is 18.8. The lowest BCUT2D eigenvalue weighted by atomic mass is 10.1. The molecule has 0 radical (unpaired) electrons. The summed E-state index contributed by atoms with van der Waals surface area (Å²) < 4.78 is 33.7. The number of halogens is 3. The summed E-state index contributed by atoms with van der Waals surface area (Å²) in [4.78, 5) is 39.0.